The lowest BCUT2D eigenvalue weighted by atomic mass is 9.84. The Hall–Kier alpha value is -2.86. The summed E-state index contributed by atoms with van der Waals surface area (Å²) in [5.74, 6) is 1.61. The Morgan fingerprint density at radius 3 is 2.66 bits per heavy atom. The van der Waals surface area contributed by atoms with Gasteiger partial charge in [-0.25, -0.2) is 0 Å². The SMILES string of the molecule is CC1=C(C2NC3(CC3)C(=O)N2CC2CN(C(=O)C3CC3)C2)C=CC(c2ccc3[nH]c(C)cc3c2)C1. The third-order valence-electron chi connectivity index (χ3n) is 8.82. The van der Waals surface area contributed by atoms with Gasteiger partial charge in [0.2, 0.25) is 11.8 Å². The van der Waals surface area contributed by atoms with E-state index >= 15 is 0 Å². The summed E-state index contributed by atoms with van der Waals surface area (Å²) in [5.41, 5.74) is 5.98. The van der Waals surface area contributed by atoms with Crippen molar-refractivity contribution in [3.05, 3.63) is 58.8 Å². The van der Waals surface area contributed by atoms with Gasteiger partial charge < -0.3 is 14.8 Å². The second-order valence-electron chi connectivity index (χ2n) is 11.7. The van der Waals surface area contributed by atoms with E-state index in [1.54, 1.807) is 0 Å². The number of carbonyl (C=O) groups is 2. The van der Waals surface area contributed by atoms with Crippen LogP contribution in [0, 0.1) is 18.8 Å². The number of amides is 2. The zero-order valence-corrected chi connectivity index (χ0v) is 20.6. The number of fused-ring (bicyclic) bond motifs is 1. The van der Waals surface area contributed by atoms with E-state index in [1.165, 1.54) is 33.3 Å². The molecule has 2 saturated heterocycles. The molecule has 7 rings (SSSR count). The number of nitrogens with one attached hydrogen (secondary N) is 2. The molecule has 2 unspecified atom stereocenters. The molecule has 4 fully saturated rings. The Balaban J connectivity index is 1.08. The molecule has 6 nitrogen and oxygen atoms in total. The van der Waals surface area contributed by atoms with Crippen molar-refractivity contribution in [1.82, 2.24) is 20.1 Å². The van der Waals surface area contributed by atoms with E-state index in [4.69, 9.17) is 0 Å². The van der Waals surface area contributed by atoms with Gasteiger partial charge in [0.15, 0.2) is 0 Å². The molecule has 2 aliphatic heterocycles. The standard InChI is InChI=1S/C29H34N4O2/c1-17-11-21(22-6-8-25-23(13-22)12-18(2)30-25)5-7-24(17)26-31-29(9-10-29)28(35)33(26)16-19-14-32(15-19)27(34)20-3-4-20/h5-8,12-13,19-21,26,30-31H,3-4,9-11,14-16H2,1-2H3. The first-order valence-electron chi connectivity index (χ1n) is 13.2. The average Bonchev–Trinajstić information content (AvgIpc) is 3.72. The first-order chi connectivity index (χ1) is 16.9. The van der Waals surface area contributed by atoms with Gasteiger partial charge in [0.1, 0.15) is 11.7 Å². The van der Waals surface area contributed by atoms with E-state index < -0.39 is 0 Å². The van der Waals surface area contributed by atoms with Crippen LogP contribution in [0.2, 0.25) is 0 Å². The molecule has 0 radical (unpaired) electrons. The highest BCUT2D eigenvalue weighted by atomic mass is 16.2. The van der Waals surface area contributed by atoms with E-state index in [0.717, 1.165) is 51.7 Å². The van der Waals surface area contributed by atoms with Gasteiger partial charge in [-0.05, 0) is 80.7 Å². The van der Waals surface area contributed by atoms with Crippen molar-refractivity contribution >= 4 is 22.7 Å². The fourth-order valence-corrected chi connectivity index (χ4v) is 6.40. The lowest BCUT2D eigenvalue weighted by Crippen LogP contribution is -2.56. The highest BCUT2D eigenvalue weighted by Crippen LogP contribution is 2.45. The number of H-pyrrole nitrogens is 1. The Morgan fingerprint density at radius 1 is 1.14 bits per heavy atom. The number of benzene rings is 1. The zero-order valence-electron chi connectivity index (χ0n) is 20.6. The number of hydrogen-bond donors (Lipinski definition) is 2. The van der Waals surface area contributed by atoms with E-state index in [2.05, 4.69) is 65.5 Å². The summed E-state index contributed by atoms with van der Waals surface area (Å²) in [7, 11) is 0. The first-order valence-corrected chi connectivity index (χ1v) is 13.2. The average molecular weight is 471 g/mol. The van der Waals surface area contributed by atoms with Crippen molar-refractivity contribution in [2.24, 2.45) is 11.8 Å². The maximum atomic E-state index is 13.4. The Morgan fingerprint density at radius 2 is 1.94 bits per heavy atom. The normalized spacial score (nSPS) is 27.9. The predicted molar refractivity (Wildman–Crippen MR) is 136 cm³/mol. The third-order valence-corrected chi connectivity index (χ3v) is 8.82. The molecule has 2 amide bonds. The van der Waals surface area contributed by atoms with Crippen LogP contribution in [0.5, 0.6) is 0 Å². The van der Waals surface area contributed by atoms with Crippen LogP contribution in [0.1, 0.15) is 56.2 Å². The van der Waals surface area contributed by atoms with Crippen molar-refractivity contribution in [1.29, 1.82) is 0 Å². The topological polar surface area (TPSA) is 68.4 Å². The van der Waals surface area contributed by atoms with Crippen LogP contribution in [0.15, 0.2) is 47.6 Å². The molecule has 1 spiro atoms. The van der Waals surface area contributed by atoms with Gasteiger partial charge in [-0.2, -0.15) is 0 Å². The summed E-state index contributed by atoms with van der Waals surface area (Å²) < 4.78 is 0. The number of aromatic nitrogens is 1. The zero-order chi connectivity index (χ0) is 23.9. The maximum absolute atomic E-state index is 13.4. The molecular formula is C29H34N4O2. The van der Waals surface area contributed by atoms with Crippen molar-refractivity contribution in [2.45, 2.75) is 63.6 Å². The molecule has 182 valence electrons. The molecule has 35 heavy (non-hydrogen) atoms. The summed E-state index contributed by atoms with van der Waals surface area (Å²) in [6.45, 7) is 6.67. The fourth-order valence-electron chi connectivity index (χ4n) is 6.40. The van der Waals surface area contributed by atoms with Crippen LogP contribution in [0.3, 0.4) is 0 Å². The van der Waals surface area contributed by atoms with Crippen LogP contribution < -0.4 is 5.32 Å². The molecule has 3 aliphatic carbocycles. The Kier molecular flexibility index (Phi) is 4.63. The van der Waals surface area contributed by atoms with Crippen molar-refractivity contribution < 1.29 is 9.59 Å². The summed E-state index contributed by atoms with van der Waals surface area (Å²) in [5, 5.41) is 4.99. The highest BCUT2D eigenvalue weighted by Gasteiger charge is 2.60. The molecule has 2 aromatic rings. The second kappa shape index (κ2) is 7.57. The molecule has 2 saturated carbocycles. The van der Waals surface area contributed by atoms with E-state index in [0.29, 0.717) is 17.7 Å². The minimum absolute atomic E-state index is 0.0508. The lowest BCUT2D eigenvalue weighted by molar-refractivity contribution is -0.140. The van der Waals surface area contributed by atoms with Crippen LogP contribution in [0.25, 0.3) is 10.9 Å². The first kappa shape index (κ1) is 21.4. The second-order valence-corrected chi connectivity index (χ2v) is 11.7. The summed E-state index contributed by atoms with van der Waals surface area (Å²) >= 11 is 0. The highest BCUT2D eigenvalue weighted by molar-refractivity contribution is 5.92. The van der Waals surface area contributed by atoms with Crippen molar-refractivity contribution in [3.63, 3.8) is 0 Å². The van der Waals surface area contributed by atoms with E-state index in [-0.39, 0.29) is 23.5 Å². The molecule has 3 heterocycles. The maximum Gasteiger partial charge on any atom is 0.244 e. The fraction of sp³-hybridized carbons (Fsp3) is 0.517. The van der Waals surface area contributed by atoms with Crippen LogP contribution >= 0.6 is 0 Å². The number of carbonyl (C=O) groups excluding carboxylic acids is 2. The molecule has 2 atom stereocenters. The monoisotopic (exact) mass is 470 g/mol. The van der Waals surface area contributed by atoms with Crippen LogP contribution in [0.4, 0.5) is 0 Å². The lowest BCUT2D eigenvalue weighted by Gasteiger charge is -2.42. The summed E-state index contributed by atoms with van der Waals surface area (Å²) in [6, 6.07) is 8.94. The predicted octanol–water partition coefficient (Wildman–Crippen LogP) is 4.00. The molecule has 2 N–H and O–H groups in total. The van der Waals surface area contributed by atoms with Crippen LogP contribution in [-0.2, 0) is 9.59 Å². The molecule has 0 bridgehead atoms. The summed E-state index contributed by atoms with van der Waals surface area (Å²) in [6.07, 6.45) is 9.49. The van der Waals surface area contributed by atoms with E-state index in [1.807, 2.05) is 4.90 Å². The molecule has 1 aromatic heterocycles. The quantitative estimate of drug-likeness (QED) is 0.694. The third kappa shape index (κ3) is 3.56. The molecule has 6 heteroatoms. The van der Waals surface area contributed by atoms with Crippen molar-refractivity contribution in [3.8, 4) is 0 Å². The minimum Gasteiger partial charge on any atom is -0.359 e. The van der Waals surface area contributed by atoms with E-state index in [9.17, 15) is 9.59 Å². The number of nitrogens with zero attached hydrogens (tertiary/aromatic N) is 2. The van der Waals surface area contributed by atoms with Gasteiger partial charge in [0, 0.05) is 48.6 Å². The molecular weight excluding hydrogens is 436 g/mol. The number of hydrogen-bond acceptors (Lipinski definition) is 3. The van der Waals surface area contributed by atoms with Gasteiger partial charge >= 0.3 is 0 Å². The van der Waals surface area contributed by atoms with Crippen molar-refractivity contribution in [2.75, 3.05) is 19.6 Å². The molecule has 5 aliphatic rings. The Labute approximate surface area is 206 Å². The largest absolute Gasteiger partial charge is 0.359 e. The number of rotatable bonds is 5. The van der Waals surface area contributed by atoms with Gasteiger partial charge in [-0.3, -0.25) is 14.9 Å². The van der Waals surface area contributed by atoms with Gasteiger partial charge in [0.25, 0.3) is 0 Å². The summed E-state index contributed by atoms with van der Waals surface area (Å²) in [4.78, 5) is 33.2. The molecule has 1 aromatic carbocycles. The minimum atomic E-state index is -0.340. The number of aryl methyl sites for hydroxylation is 1. The van der Waals surface area contributed by atoms with Gasteiger partial charge in [0.05, 0.1) is 0 Å². The van der Waals surface area contributed by atoms with Gasteiger partial charge in [-0.1, -0.05) is 23.8 Å². The number of allylic oxidation sites excluding steroid dienone is 2. The number of likely N-dealkylation sites (tertiary alicyclic amines) is 1. The Bertz CT molecular complexity index is 1290. The number of aromatic amines is 1. The van der Waals surface area contributed by atoms with Crippen LogP contribution in [-0.4, -0.2) is 57.9 Å². The smallest absolute Gasteiger partial charge is 0.244 e. The van der Waals surface area contributed by atoms with Gasteiger partial charge in [-0.15, -0.1) is 0 Å².